The summed E-state index contributed by atoms with van der Waals surface area (Å²) in [7, 11) is 0. The van der Waals surface area contributed by atoms with E-state index in [9.17, 15) is 19.5 Å². The van der Waals surface area contributed by atoms with Crippen LogP contribution < -0.4 is 5.82 Å². The van der Waals surface area contributed by atoms with E-state index in [0.717, 1.165) is 29.9 Å². The average molecular weight is 454 g/mol. The Labute approximate surface area is 190 Å². The number of nitrogens with zero attached hydrogens (tertiary/aromatic N) is 2. The summed E-state index contributed by atoms with van der Waals surface area (Å²) >= 11 is 0. The second-order valence-corrected chi connectivity index (χ2v) is 8.22. The summed E-state index contributed by atoms with van der Waals surface area (Å²) in [5, 5.41) is 9.71. The number of aryl methyl sites for hydroxylation is 2. The number of fused-ring (bicyclic) bond motifs is 3. The van der Waals surface area contributed by atoms with Gasteiger partial charge < -0.3 is 23.2 Å². The molecular weight excluding hydrogens is 428 g/mol. The van der Waals surface area contributed by atoms with Crippen LogP contribution in [0, 0.1) is 12.8 Å². The lowest BCUT2D eigenvalue weighted by Gasteiger charge is -2.20. The Morgan fingerprint density at radius 1 is 1.21 bits per heavy atom. The Kier molecular flexibility index (Phi) is 6.76. The summed E-state index contributed by atoms with van der Waals surface area (Å²) < 4.78 is 16.7. The highest BCUT2D eigenvalue weighted by molar-refractivity contribution is 5.70. The van der Waals surface area contributed by atoms with Crippen LogP contribution in [0.3, 0.4) is 0 Å². The molecule has 0 spiro atoms. The fourth-order valence-electron chi connectivity index (χ4n) is 4.19. The zero-order chi connectivity index (χ0) is 23.4. The minimum atomic E-state index is -0.860. The molecule has 1 N–H and O–H groups in total. The predicted octanol–water partition coefficient (Wildman–Crippen LogP) is 3.37. The van der Waals surface area contributed by atoms with E-state index in [1.165, 1.54) is 5.56 Å². The molecule has 0 aliphatic carbocycles. The first kappa shape index (κ1) is 22.6. The maximum Gasteiger partial charge on any atom is 0.519 e. The van der Waals surface area contributed by atoms with Gasteiger partial charge in [-0.3, -0.25) is 9.59 Å². The van der Waals surface area contributed by atoms with Crippen LogP contribution in [0.25, 0.3) is 5.69 Å². The minimum absolute atomic E-state index is 0.157. The number of para-hydroxylation sites is 1. The van der Waals surface area contributed by atoms with Crippen LogP contribution in [0.1, 0.15) is 54.2 Å². The number of carbonyl (C=O) groups excluding carboxylic acids is 1. The molecule has 0 amide bonds. The molecule has 0 fully saturated rings. The van der Waals surface area contributed by atoms with Gasteiger partial charge in [0.1, 0.15) is 0 Å². The number of aliphatic carboxylic acids is 1. The topological polar surface area (TPSA) is 125 Å². The molecule has 33 heavy (non-hydrogen) atoms. The number of rotatable bonds is 10. The van der Waals surface area contributed by atoms with Crippen molar-refractivity contribution in [3.63, 3.8) is 0 Å². The Hall–Kier alpha value is -3.62. The molecule has 3 aromatic rings. The van der Waals surface area contributed by atoms with Gasteiger partial charge in [-0.2, -0.15) is 0 Å². The average Bonchev–Trinajstić information content (AvgIpc) is 3.36. The van der Waals surface area contributed by atoms with Crippen LogP contribution >= 0.6 is 0 Å². The van der Waals surface area contributed by atoms with E-state index < -0.39 is 23.7 Å². The van der Waals surface area contributed by atoms with Gasteiger partial charge in [0, 0.05) is 24.2 Å². The number of hydrogen-bond donors (Lipinski definition) is 1. The largest absolute Gasteiger partial charge is 0.519 e. The van der Waals surface area contributed by atoms with Crippen molar-refractivity contribution in [2.45, 2.75) is 58.5 Å². The van der Waals surface area contributed by atoms with Crippen LogP contribution in [-0.4, -0.2) is 26.6 Å². The number of ether oxygens (including phenoxy) is 1. The highest BCUT2D eigenvalue weighted by Gasteiger charge is 2.24. The molecule has 9 nitrogen and oxygen atoms in total. The van der Waals surface area contributed by atoms with Crippen molar-refractivity contribution in [3.05, 3.63) is 69.7 Å². The molecule has 1 aliphatic rings. The molecule has 174 valence electrons. The summed E-state index contributed by atoms with van der Waals surface area (Å²) in [6.07, 6.45) is 5.57. The Balaban J connectivity index is 1.27. The second-order valence-electron chi connectivity index (χ2n) is 8.22. The number of hydrogen-bond acceptors (Lipinski definition) is 7. The standard InChI is InChI=1S/C24H26N2O7/c1-15-21(33-24(30)32-15)13-31-22(27)9-5-3-7-17(23(28)29)12-18-20-11-10-16-6-2-4-8-19(16)26(20)14-25-18/h2,4,6,8,14,17H,3,5,7,9-13H2,1H3,(H,28,29)/t17-/m0/s1. The van der Waals surface area contributed by atoms with Gasteiger partial charge in [0.2, 0.25) is 0 Å². The van der Waals surface area contributed by atoms with Crippen molar-refractivity contribution in [2.75, 3.05) is 0 Å². The lowest BCUT2D eigenvalue weighted by atomic mass is 9.93. The van der Waals surface area contributed by atoms with Crippen LogP contribution in [0.4, 0.5) is 0 Å². The number of imidazole rings is 1. The lowest BCUT2D eigenvalue weighted by Crippen LogP contribution is -2.19. The normalized spacial score (nSPS) is 13.2. The first-order chi connectivity index (χ1) is 15.9. The summed E-state index contributed by atoms with van der Waals surface area (Å²) in [4.78, 5) is 39.3. The van der Waals surface area contributed by atoms with Gasteiger partial charge in [-0.15, -0.1) is 0 Å². The Morgan fingerprint density at radius 3 is 2.79 bits per heavy atom. The van der Waals surface area contributed by atoms with Crippen molar-refractivity contribution in [2.24, 2.45) is 5.92 Å². The van der Waals surface area contributed by atoms with Gasteiger partial charge in [-0.1, -0.05) is 24.6 Å². The Morgan fingerprint density at radius 2 is 2.03 bits per heavy atom. The SMILES string of the molecule is Cc1oc(=O)oc1COC(=O)CCCC[C@@H](Cc1ncn2c1CCc1ccccc1-2)C(=O)O. The molecule has 3 heterocycles. The van der Waals surface area contributed by atoms with Crippen LogP contribution in [0.5, 0.6) is 0 Å². The van der Waals surface area contributed by atoms with Gasteiger partial charge in [0.25, 0.3) is 0 Å². The third-order valence-electron chi connectivity index (χ3n) is 6.01. The highest BCUT2D eigenvalue weighted by atomic mass is 16.6. The van der Waals surface area contributed by atoms with E-state index in [1.54, 1.807) is 13.3 Å². The monoisotopic (exact) mass is 454 g/mol. The van der Waals surface area contributed by atoms with Crippen molar-refractivity contribution < 1.29 is 28.3 Å². The summed E-state index contributed by atoms with van der Waals surface area (Å²) in [5.74, 6) is -2.23. The van der Waals surface area contributed by atoms with E-state index in [0.29, 0.717) is 25.7 Å². The number of unbranched alkanes of at least 4 members (excludes halogenated alkanes) is 1. The van der Waals surface area contributed by atoms with E-state index >= 15 is 0 Å². The molecule has 9 heteroatoms. The summed E-state index contributed by atoms with van der Waals surface area (Å²) in [6, 6.07) is 8.17. The second kappa shape index (κ2) is 9.89. The third-order valence-corrected chi connectivity index (χ3v) is 6.01. The van der Waals surface area contributed by atoms with Crippen molar-refractivity contribution in [1.82, 2.24) is 9.55 Å². The number of aromatic nitrogens is 2. The van der Waals surface area contributed by atoms with E-state index in [-0.39, 0.29) is 24.5 Å². The van der Waals surface area contributed by atoms with E-state index in [1.807, 2.05) is 12.1 Å². The van der Waals surface area contributed by atoms with E-state index in [2.05, 4.69) is 21.7 Å². The molecule has 0 radical (unpaired) electrons. The number of carbonyl (C=O) groups is 2. The zero-order valence-electron chi connectivity index (χ0n) is 18.4. The fraction of sp³-hybridized carbons (Fsp3) is 0.417. The summed E-state index contributed by atoms with van der Waals surface area (Å²) in [6.45, 7) is 1.39. The van der Waals surface area contributed by atoms with Gasteiger partial charge in [0.15, 0.2) is 18.1 Å². The molecule has 2 aromatic heterocycles. The molecule has 0 bridgehead atoms. The maximum atomic E-state index is 11.9. The third kappa shape index (κ3) is 5.24. The van der Waals surface area contributed by atoms with Crippen molar-refractivity contribution >= 4 is 11.9 Å². The first-order valence-corrected chi connectivity index (χ1v) is 11.0. The van der Waals surface area contributed by atoms with Crippen LogP contribution in [-0.2, 0) is 40.2 Å². The molecule has 4 rings (SSSR count). The Bertz CT molecular complexity index is 1200. The first-order valence-electron chi connectivity index (χ1n) is 11.0. The molecule has 0 saturated heterocycles. The van der Waals surface area contributed by atoms with Crippen LogP contribution in [0.15, 0.2) is 44.2 Å². The molecule has 0 unspecified atom stereocenters. The molecule has 1 atom stereocenters. The number of benzene rings is 1. The zero-order valence-corrected chi connectivity index (χ0v) is 18.4. The van der Waals surface area contributed by atoms with E-state index in [4.69, 9.17) is 13.6 Å². The molecule has 1 aromatic carbocycles. The quantitative estimate of drug-likeness (QED) is 0.365. The van der Waals surface area contributed by atoms with Crippen molar-refractivity contribution in [1.29, 1.82) is 0 Å². The molecule has 0 saturated carbocycles. The smallest absolute Gasteiger partial charge is 0.481 e. The molecular formula is C24H26N2O7. The number of carboxylic acid groups (broad SMARTS) is 1. The van der Waals surface area contributed by atoms with Crippen LogP contribution in [0.2, 0.25) is 0 Å². The lowest BCUT2D eigenvalue weighted by molar-refractivity contribution is -0.145. The van der Waals surface area contributed by atoms with Gasteiger partial charge in [-0.25, -0.2) is 9.78 Å². The predicted molar refractivity (Wildman–Crippen MR) is 116 cm³/mol. The fourth-order valence-corrected chi connectivity index (χ4v) is 4.19. The maximum absolute atomic E-state index is 11.9. The molecule has 1 aliphatic heterocycles. The van der Waals surface area contributed by atoms with Crippen molar-refractivity contribution in [3.8, 4) is 5.69 Å². The highest BCUT2D eigenvalue weighted by Crippen LogP contribution is 2.28. The summed E-state index contributed by atoms with van der Waals surface area (Å²) in [5.41, 5.74) is 4.27. The number of esters is 1. The minimum Gasteiger partial charge on any atom is -0.481 e. The van der Waals surface area contributed by atoms with Gasteiger partial charge in [0.05, 0.1) is 17.9 Å². The number of carboxylic acids is 1. The van der Waals surface area contributed by atoms with Gasteiger partial charge in [-0.05, 0) is 44.2 Å². The van der Waals surface area contributed by atoms with Gasteiger partial charge >= 0.3 is 17.8 Å².